The van der Waals surface area contributed by atoms with E-state index in [1.165, 1.54) is 0 Å². The largest absolute Gasteiger partial charge is 0.486 e. The van der Waals surface area contributed by atoms with E-state index in [4.69, 9.17) is 9.47 Å². The molecule has 1 atom stereocenters. The lowest BCUT2D eigenvalue weighted by Gasteiger charge is -2.22. The molecule has 0 saturated heterocycles. The molecule has 0 aromatic heterocycles. The van der Waals surface area contributed by atoms with Crippen molar-refractivity contribution in [1.82, 2.24) is 0 Å². The van der Waals surface area contributed by atoms with Gasteiger partial charge < -0.3 is 19.9 Å². The van der Waals surface area contributed by atoms with Gasteiger partial charge in [0.05, 0.1) is 17.4 Å². The summed E-state index contributed by atoms with van der Waals surface area (Å²) < 4.78 is 11.9. The van der Waals surface area contributed by atoms with Crippen LogP contribution in [0.2, 0.25) is 0 Å². The second-order valence-electron chi connectivity index (χ2n) is 5.19. The Morgan fingerprint density at radius 2 is 1.87 bits per heavy atom. The number of benzene rings is 2. The number of halogens is 1. The van der Waals surface area contributed by atoms with E-state index in [1.54, 1.807) is 25.1 Å². The van der Waals surface area contributed by atoms with Gasteiger partial charge in [0.2, 0.25) is 0 Å². The molecule has 1 aliphatic rings. The molecule has 0 aliphatic carbocycles. The Morgan fingerprint density at radius 1 is 1.22 bits per heavy atom. The van der Waals surface area contributed by atoms with E-state index in [9.17, 15) is 9.90 Å². The maximum atomic E-state index is 12.5. The van der Waals surface area contributed by atoms with Crippen LogP contribution in [0.15, 0.2) is 36.4 Å². The van der Waals surface area contributed by atoms with E-state index in [2.05, 4.69) is 27.9 Å². The summed E-state index contributed by atoms with van der Waals surface area (Å²) in [5.74, 6) is 0.923. The van der Waals surface area contributed by atoms with Crippen molar-refractivity contribution >= 4 is 34.2 Å². The molecule has 120 valence electrons. The number of ether oxygens (including phenoxy) is 2. The third-order valence-electron chi connectivity index (χ3n) is 3.53. The zero-order valence-corrected chi connectivity index (χ0v) is 14.7. The Labute approximate surface area is 147 Å². The fourth-order valence-corrected chi connectivity index (χ4v) is 3.03. The van der Waals surface area contributed by atoms with Crippen LogP contribution in [-0.2, 0) is 0 Å². The summed E-state index contributed by atoms with van der Waals surface area (Å²) in [6.45, 7) is 2.58. The first-order chi connectivity index (χ1) is 11.1. The molecule has 0 unspecified atom stereocenters. The van der Waals surface area contributed by atoms with Gasteiger partial charge in [-0.25, -0.2) is 0 Å². The van der Waals surface area contributed by atoms with E-state index in [-0.39, 0.29) is 5.91 Å². The zero-order valence-electron chi connectivity index (χ0n) is 12.5. The summed E-state index contributed by atoms with van der Waals surface area (Å²) in [4.78, 5) is 12.5. The molecule has 0 fully saturated rings. The fourth-order valence-electron chi connectivity index (χ4n) is 2.39. The number of carbonyl (C=O) groups is 1. The minimum Gasteiger partial charge on any atom is -0.486 e. The van der Waals surface area contributed by atoms with Crippen LogP contribution in [0.3, 0.4) is 0 Å². The van der Waals surface area contributed by atoms with Crippen LogP contribution in [0.5, 0.6) is 11.5 Å². The SMILES string of the molecule is C[C@@H](O)c1cc2c(cc1NC(=O)c1ccccc1I)OCCO2. The average molecular weight is 425 g/mol. The van der Waals surface area contributed by atoms with E-state index in [1.807, 2.05) is 18.2 Å². The van der Waals surface area contributed by atoms with Gasteiger partial charge in [-0.3, -0.25) is 4.79 Å². The third kappa shape index (κ3) is 3.42. The number of hydrogen-bond donors (Lipinski definition) is 2. The summed E-state index contributed by atoms with van der Waals surface area (Å²) >= 11 is 2.12. The van der Waals surface area contributed by atoms with Gasteiger partial charge in [-0.15, -0.1) is 0 Å². The molecule has 2 aromatic carbocycles. The molecular formula is C17H16INO4. The molecule has 23 heavy (non-hydrogen) atoms. The first-order valence-electron chi connectivity index (χ1n) is 7.23. The minimum atomic E-state index is -0.740. The summed E-state index contributed by atoms with van der Waals surface area (Å²) in [7, 11) is 0. The second kappa shape index (κ2) is 6.76. The monoisotopic (exact) mass is 425 g/mol. The van der Waals surface area contributed by atoms with Crippen LogP contribution >= 0.6 is 22.6 Å². The van der Waals surface area contributed by atoms with Gasteiger partial charge in [-0.2, -0.15) is 0 Å². The van der Waals surface area contributed by atoms with Gasteiger partial charge >= 0.3 is 0 Å². The van der Waals surface area contributed by atoms with Gasteiger partial charge in [0.1, 0.15) is 13.2 Å². The fraction of sp³-hybridized carbons (Fsp3) is 0.235. The molecule has 2 aromatic rings. The van der Waals surface area contributed by atoms with Crippen molar-refractivity contribution in [2.45, 2.75) is 13.0 Å². The first kappa shape index (κ1) is 16.1. The van der Waals surface area contributed by atoms with Crippen LogP contribution in [-0.4, -0.2) is 24.2 Å². The Bertz CT molecular complexity index is 745. The summed E-state index contributed by atoms with van der Waals surface area (Å²) in [5.41, 5.74) is 1.70. The maximum Gasteiger partial charge on any atom is 0.256 e. The molecular weight excluding hydrogens is 409 g/mol. The number of fused-ring (bicyclic) bond motifs is 1. The van der Waals surface area contributed by atoms with Gasteiger partial charge in [-0.1, -0.05) is 12.1 Å². The summed E-state index contributed by atoms with van der Waals surface area (Å²) in [6.07, 6.45) is -0.740. The number of carbonyl (C=O) groups excluding carboxylic acids is 1. The lowest BCUT2D eigenvalue weighted by molar-refractivity contribution is 0.102. The van der Waals surface area contributed by atoms with Crippen molar-refractivity contribution in [2.75, 3.05) is 18.5 Å². The van der Waals surface area contributed by atoms with Gasteiger partial charge in [0, 0.05) is 15.2 Å². The summed E-state index contributed by atoms with van der Waals surface area (Å²) in [5, 5.41) is 12.9. The quantitative estimate of drug-likeness (QED) is 0.741. The van der Waals surface area contributed by atoms with Crippen molar-refractivity contribution < 1.29 is 19.4 Å². The van der Waals surface area contributed by atoms with Gasteiger partial charge in [-0.05, 0) is 47.7 Å². The predicted octanol–water partition coefficient (Wildman–Crippen LogP) is 3.37. The highest BCUT2D eigenvalue weighted by Gasteiger charge is 2.20. The van der Waals surface area contributed by atoms with E-state index < -0.39 is 6.10 Å². The molecule has 1 heterocycles. The lowest BCUT2D eigenvalue weighted by atomic mass is 10.1. The number of nitrogens with one attached hydrogen (secondary N) is 1. The Kier molecular flexibility index (Phi) is 4.72. The molecule has 2 N–H and O–H groups in total. The molecule has 1 aliphatic heterocycles. The second-order valence-corrected chi connectivity index (χ2v) is 6.36. The van der Waals surface area contributed by atoms with Crippen molar-refractivity contribution in [3.05, 3.63) is 51.1 Å². The Hall–Kier alpha value is -1.80. The summed E-state index contributed by atoms with van der Waals surface area (Å²) in [6, 6.07) is 10.7. The minimum absolute atomic E-state index is 0.228. The van der Waals surface area contributed by atoms with E-state index in [0.29, 0.717) is 41.5 Å². The normalized spacial score (nSPS) is 14.2. The number of amides is 1. The standard InChI is InChI=1S/C17H16INO4/c1-10(20)12-8-15-16(23-7-6-22-15)9-14(12)19-17(21)11-4-2-3-5-13(11)18/h2-5,8-10,20H,6-7H2,1H3,(H,19,21)/t10-/m1/s1. The van der Waals surface area contributed by atoms with E-state index >= 15 is 0 Å². The number of rotatable bonds is 3. The predicted molar refractivity (Wildman–Crippen MR) is 95.2 cm³/mol. The zero-order chi connectivity index (χ0) is 16.4. The molecule has 1 amide bonds. The lowest BCUT2D eigenvalue weighted by Crippen LogP contribution is -2.18. The molecule has 0 bridgehead atoms. The van der Waals surface area contributed by atoms with Crippen LogP contribution in [0.1, 0.15) is 28.9 Å². The van der Waals surface area contributed by atoms with E-state index in [0.717, 1.165) is 3.57 Å². The smallest absolute Gasteiger partial charge is 0.256 e. The van der Waals surface area contributed by atoms with Crippen molar-refractivity contribution in [3.63, 3.8) is 0 Å². The van der Waals surface area contributed by atoms with Crippen LogP contribution in [0.4, 0.5) is 5.69 Å². The highest BCUT2D eigenvalue weighted by Crippen LogP contribution is 2.38. The van der Waals surface area contributed by atoms with Crippen molar-refractivity contribution in [2.24, 2.45) is 0 Å². The van der Waals surface area contributed by atoms with Gasteiger partial charge in [0.15, 0.2) is 11.5 Å². The number of aliphatic hydroxyl groups excluding tert-OH is 1. The van der Waals surface area contributed by atoms with Crippen molar-refractivity contribution in [1.29, 1.82) is 0 Å². The van der Waals surface area contributed by atoms with Crippen LogP contribution in [0.25, 0.3) is 0 Å². The molecule has 3 rings (SSSR count). The highest BCUT2D eigenvalue weighted by atomic mass is 127. The number of anilines is 1. The Balaban J connectivity index is 1.95. The number of hydrogen-bond acceptors (Lipinski definition) is 4. The number of aliphatic hydroxyl groups is 1. The topological polar surface area (TPSA) is 67.8 Å². The van der Waals surface area contributed by atoms with Gasteiger partial charge in [0.25, 0.3) is 5.91 Å². The first-order valence-corrected chi connectivity index (χ1v) is 8.31. The molecule has 0 saturated carbocycles. The molecule has 5 nitrogen and oxygen atoms in total. The van der Waals surface area contributed by atoms with Crippen LogP contribution in [0, 0.1) is 3.57 Å². The maximum absolute atomic E-state index is 12.5. The molecule has 0 radical (unpaired) electrons. The molecule has 0 spiro atoms. The highest BCUT2D eigenvalue weighted by molar-refractivity contribution is 14.1. The molecule has 6 heteroatoms. The van der Waals surface area contributed by atoms with Crippen LogP contribution < -0.4 is 14.8 Å². The Morgan fingerprint density at radius 3 is 2.52 bits per heavy atom. The van der Waals surface area contributed by atoms with Crippen molar-refractivity contribution in [3.8, 4) is 11.5 Å². The third-order valence-corrected chi connectivity index (χ3v) is 4.47. The average Bonchev–Trinajstić information content (AvgIpc) is 2.54.